The van der Waals surface area contributed by atoms with Gasteiger partial charge >= 0.3 is 0 Å². The van der Waals surface area contributed by atoms with Crippen LogP contribution in [0.15, 0.2) is 24.4 Å². The fraction of sp³-hybridized carbons (Fsp3) is 0.333. The number of imidazole rings is 1. The Hall–Kier alpha value is -1.88. The molecular formula is C12H15N3O2. The summed E-state index contributed by atoms with van der Waals surface area (Å²) in [6.07, 6.45) is 1.24. The van der Waals surface area contributed by atoms with E-state index in [4.69, 9.17) is 5.11 Å². The number of nitrogens with one attached hydrogen (secondary N) is 1. The van der Waals surface area contributed by atoms with Crippen LogP contribution in [-0.4, -0.2) is 33.0 Å². The van der Waals surface area contributed by atoms with Crippen molar-refractivity contribution in [2.75, 3.05) is 6.54 Å². The molecule has 0 fully saturated rings. The van der Waals surface area contributed by atoms with Crippen molar-refractivity contribution in [1.29, 1.82) is 0 Å². The lowest BCUT2D eigenvalue weighted by Crippen LogP contribution is -2.31. The van der Waals surface area contributed by atoms with E-state index in [2.05, 4.69) is 10.3 Å². The lowest BCUT2D eigenvalue weighted by molar-refractivity contribution is 0.0917. The van der Waals surface area contributed by atoms with Crippen molar-refractivity contribution in [2.24, 2.45) is 0 Å². The molecule has 1 amide bonds. The van der Waals surface area contributed by atoms with Gasteiger partial charge in [0.25, 0.3) is 5.91 Å². The van der Waals surface area contributed by atoms with Gasteiger partial charge in [0.1, 0.15) is 11.3 Å². The summed E-state index contributed by atoms with van der Waals surface area (Å²) in [5.74, 6) is -0.220. The van der Waals surface area contributed by atoms with E-state index < -0.39 is 6.10 Å². The number of hydrogen-bond acceptors (Lipinski definition) is 3. The second-order valence-corrected chi connectivity index (χ2v) is 4.03. The fourth-order valence-corrected chi connectivity index (χ4v) is 1.71. The molecule has 5 heteroatoms. The third kappa shape index (κ3) is 2.29. The largest absolute Gasteiger partial charge is 0.392 e. The Labute approximate surface area is 99.1 Å². The van der Waals surface area contributed by atoms with Gasteiger partial charge in [0, 0.05) is 12.7 Å². The Bertz CT molecular complexity index is 546. The fourth-order valence-electron chi connectivity index (χ4n) is 1.71. The zero-order chi connectivity index (χ0) is 12.4. The molecular weight excluding hydrogens is 218 g/mol. The van der Waals surface area contributed by atoms with Gasteiger partial charge in [-0.1, -0.05) is 6.07 Å². The maximum absolute atomic E-state index is 12.0. The summed E-state index contributed by atoms with van der Waals surface area (Å²) < 4.78 is 1.74. The van der Waals surface area contributed by atoms with Crippen molar-refractivity contribution < 1.29 is 9.90 Å². The lowest BCUT2D eigenvalue weighted by Gasteiger charge is -2.07. The third-order valence-corrected chi connectivity index (χ3v) is 2.48. The number of aliphatic hydroxyl groups is 1. The van der Waals surface area contributed by atoms with Crippen LogP contribution in [0, 0.1) is 6.92 Å². The van der Waals surface area contributed by atoms with E-state index in [0.29, 0.717) is 11.4 Å². The molecule has 1 atom stereocenters. The maximum atomic E-state index is 12.0. The van der Waals surface area contributed by atoms with Crippen LogP contribution in [0.2, 0.25) is 0 Å². The van der Waals surface area contributed by atoms with Gasteiger partial charge < -0.3 is 10.4 Å². The molecule has 2 aromatic rings. The zero-order valence-corrected chi connectivity index (χ0v) is 9.84. The molecule has 0 aliphatic rings. The van der Waals surface area contributed by atoms with Crippen molar-refractivity contribution in [2.45, 2.75) is 20.0 Å². The zero-order valence-electron chi connectivity index (χ0n) is 9.84. The molecule has 2 aromatic heterocycles. The number of rotatable bonds is 3. The number of hydrogen-bond donors (Lipinski definition) is 2. The Kier molecular flexibility index (Phi) is 3.10. The Morgan fingerprint density at radius 1 is 1.59 bits per heavy atom. The van der Waals surface area contributed by atoms with Gasteiger partial charge in [0.2, 0.25) is 0 Å². The minimum Gasteiger partial charge on any atom is -0.392 e. The number of aliphatic hydroxyl groups excluding tert-OH is 1. The van der Waals surface area contributed by atoms with E-state index in [1.807, 2.05) is 18.2 Å². The summed E-state index contributed by atoms with van der Waals surface area (Å²) in [6.45, 7) is 3.66. The van der Waals surface area contributed by atoms with Crippen molar-refractivity contribution >= 4 is 11.6 Å². The highest BCUT2D eigenvalue weighted by molar-refractivity contribution is 5.94. The molecule has 1 unspecified atom stereocenters. The van der Waals surface area contributed by atoms with Crippen LogP contribution in [0.4, 0.5) is 0 Å². The number of pyridine rings is 1. The Morgan fingerprint density at radius 2 is 2.35 bits per heavy atom. The summed E-state index contributed by atoms with van der Waals surface area (Å²) >= 11 is 0. The van der Waals surface area contributed by atoms with Gasteiger partial charge in [0.05, 0.1) is 11.8 Å². The predicted molar refractivity (Wildman–Crippen MR) is 63.9 cm³/mol. The molecule has 0 aliphatic carbocycles. The summed E-state index contributed by atoms with van der Waals surface area (Å²) in [5, 5.41) is 11.8. The number of aromatic nitrogens is 2. The van der Waals surface area contributed by atoms with E-state index in [-0.39, 0.29) is 12.5 Å². The van der Waals surface area contributed by atoms with Crippen LogP contribution < -0.4 is 5.32 Å². The molecule has 2 heterocycles. The van der Waals surface area contributed by atoms with Crippen LogP contribution in [0.5, 0.6) is 0 Å². The van der Waals surface area contributed by atoms with Gasteiger partial charge in [-0.3, -0.25) is 9.20 Å². The average Bonchev–Trinajstić information content (AvgIpc) is 2.61. The SMILES string of the molecule is Cc1nc2ccccn2c1C(=O)NCC(C)O. The molecule has 2 rings (SSSR count). The Balaban J connectivity index is 2.34. The molecule has 0 saturated carbocycles. The minimum atomic E-state index is -0.557. The smallest absolute Gasteiger partial charge is 0.270 e. The lowest BCUT2D eigenvalue weighted by atomic mass is 10.3. The second-order valence-electron chi connectivity index (χ2n) is 4.03. The van der Waals surface area contributed by atoms with Gasteiger partial charge in [0.15, 0.2) is 0 Å². The highest BCUT2D eigenvalue weighted by atomic mass is 16.3. The quantitative estimate of drug-likeness (QED) is 0.822. The number of carbonyl (C=O) groups excluding carboxylic acids is 1. The second kappa shape index (κ2) is 4.55. The van der Waals surface area contributed by atoms with Crippen LogP contribution in [-0.2, 0) is 0 Å². The standard InChI is InChI=1S/C12H15N3O2/c1-8(16)7-13-12(17)11-9(2)14-10-5-3-4-6-15(10)11/h3-6,8,16H,7H2,1-2H3,(H,13,17). The predicted octanol–water partition coefficient (Wildman–Crippen LogP) is 0.753. The first-order chi connectivity index (χ1) is 8.09. The van der Waals surface area contributed by atoms with E-state index in [0.717, 1.165) is 5.65 Å². The van der Waals surface area contributed by atoms with E-state index in [1.165, 1.54) is 0 Å². The summed E-state index contributed by atoms with van der Waals surface area (Å²) in [6, 6.07) is 5.57. The summed E-state index contributed by atoms with van der Waals surface area (Å²) in [5.41, 5.74) is 1.94. The number of nitrogens with zero attached hydrogens (tertiary/aromatic N) is 2. The van der Waals surface area contributed by atoms with Crippen LogP contribution in [0.1, 0.15) is 23.1 Å². The first kappa shape index (κ1) is 11.6. The molecule has 0 aromatic carbocycles. The van der Waals surface area contributed by atoms with Crippen molar-refractivity contribution in [1.82, 2.24) is 14.7 Å². The van der Waals surface area contributed by atoms with Crippen molar-refractivity contribution in [3.8, 4) is 0 Å². The molecule has 5 nitrogen and oxygen atoms in total. The number of carbonyl (C=O) groups is 1. The molecule has 0 saturated heterocycles. The normalized spacial score (nSPS) is 12.6. The van der Waals surface area contributed by atoms with Crippen LogP contribution >= 0.6 is 0 Å². The summed E-state index contributed by atoms with van der Waals surface area (Å²) in [7, 11) is 0. The van der Waals surface area contributed by atoms with E-state index in [9.17, 15) is 4.79 Å². The van der Waals surface area contributed by atoms with E-state index in [1.54, 1.807) is 24.4 Å². The van der Waals surface area contributed by atoms with Gasteiger partial charge in [-0.15, -0.1) is 0 Å². The maximum Gasteiger partial charge on any atom is 0.270 e. The van der Waals surface area contributed by atoms with Gasteiger partial charge in [-0.05, 0) is 26.0 Å². The minimum absolute atomic E-state index is 0.220. The van der Waals surface area contributed by atoms with E-state index >= 15 is 0 Å². The molecule has 0 aliphatic heterocycles. The highest BCUT2D eigenvalue weighted by Crippen LogP contribution is 2.11. The van der Waals surface area contributed by atoms with Crippen molar-refractivity contribution in [3.05, 3.63) is 35.8 Å². The first-order valence-corrected chi connectivity index (χ1v) is 5.49. The summed E-state index contributed by atoms with van der Waals surface area (Å²) in [4.78, 5) is 16.3. The molecule has 90 valence electrons. The topological polar surface area (TPSA) is 66.6 Å². The van der Waals surface area contributed by atoms with Gasteiger partial charge in [-0.25, -0.2) is 4.98 Å². The third-order valence-electron chi connectivity index (χ3n) is 2.48. The van der Waals surface area contributed by atoms with Gasteiger partial charge in [-0.2, -0.15) is 0 Å². The molecule has 2 N–H and O–H groups in total. The first-order valence-electron chi connectivity index (χ1n) is 5.49. The molecule has 0 radical (unpaired) electrons. The van der Waals surface area contributed by atoms with Crippen molar-refractivity contribution in [3.63, 3.8) is 0 Å². The molecule has 0 bridgehead atoms. The molecule has 0 spiro atoms. The number of fused-ring (bicyclic) bond motifs is 1. The number of amides is 1. The average molecular weight is 233 g/mol. The van der Waals surface area contributed by atoms with Crippen LogP contribution in [0.25, 0.3) is 5.65 Å². The Morgan fingerprint density at radius 3 is 3.06 bits per heavy atom. The molecule has 17 heavy (non-hydrogen) atoms. The monoisotopic (exact) mass is 233 g/mol. The van der Waals surface area contributed by atoms with Crippen LogP contribution in [0.3, 0.4) is 0 Å². The highest BCUT2D eigenvalue weighted by Gasteiger charge is 2.15. The number of aryl methyl sites for hydroxylation is 1.